The molecule has 2 aromatic rings. The zero-order chi connectivity index (χ0) is 18.3. The standard InChI is InChI=1S/C20H23N3O2S/c1-13-20(24)22(2)18-11-4-14(12-19(18)23(13)15-5-6-15)21-26-17-9-7-16(25-3)8-10-17/h4,7-13,15,21H,5-6H2,1-3H3. The van der Waals surface area contributed by atoms with Crippen LogP contribution in [0.1, 0.15) is 19.8 Å². The highest BCUT2D eigenvalue weighted by Gasteiger charge is 2.41. The molecule has 136 valence electrons. The third-order valence-corrected chi connectivity index (χ3v) is 5.85. The molecule has 1 aliphatic heterocycles. The van der Waals surface area contributed by atoms with Crippen LogP contribution in [0.3, 0.4) is 0 Å². The predicted octanol–water partition coefficient (Wildman–Crippen LogP) is 4.15. The van der Waals surface area contributed by atoms with Crippen LogP contribution in [0.25, 0.3) is 0 Å². The second kappa shape index (κ2) is 6.76. The number of amides is 1. The number of fused-ring (bicyclic) bond motifs is 1. The number of benzene rings is 2. The van der Waals surface area contributed by atoms with Crippen molar-refractivity contribution in [2.24, 2.45) is 0 Å². The Morgan fingerprint density at radius 2 is 1.85 bits per heavy atom. The van der Waals surface area contributed by atoms with Crippen molar-refractivity contribution in [1.82, 2.24) is 0 Å². The molecule has 6 heteroatoms. The summed E-state index contributed by atoms with van der Waals surface area (Å²) in [6.45, 7) is 2.01. The van der Waals surface area contributed by atoms with E-state index >= 15 is 0 Å². The third kappa shape index (κ3) is 3.09. The zero-order valence-electron chi connectivity index (χ0n) is 15.2. The van der Waals surface area contributed by atoms with Crippen LogP contribution < -0.4 is 19.3 Å². The molecule has 1 aliphatic carbocycles. The number of ether oxygens (including phenoxy) is 1. The van der Waals surface area contributed by atoms with Gasteiger partial charge >= 0.3 is 0 Å². The molecule has 0 radical (unpaired) electrons. The van der Waals surface area contributed by atoms with Crippen molar-refractivity contribution in [3.8, 4) is 5.75 Å². The molecule has 1 N–H and O–H groups in total. The molecule has 0 saturated heterocycles. The molecule has 1 heterocycles. The molecule has 0 aromatic heterocycles. The summed E-state index contributed by atoms with van der Waals surface area (Å²) in [5, 5.41) is 0. The Kier molecular flexibility index (Phi) is 4.44. The highest BCUT2D eigenvalue weighted by molar-refractivity contribution is 8.00. The summed E-state index contributed by atoms with van der Waals surface area (Å²) < 4.78 is 8.61. The van der Waals surface area contributed by atoms with E-state index in [1.807, 2.05) is 50.4 Å². The highest BCUT2D eigenvalue weighted by atomic mass is 32.2. The number of carbonyl (C=O) groups is 1. The van der Waals surface area contributed by atoms with Crippen LogP contribution in [0, 0.1) is 0 Å². The first kappa shape index (κ1) is 17.1. The number of anilines is 3. The normalized spacial score (nSPS) is 19.3. The van der Waals surface area contributed by atoms with E-state index in [4.69, 9.17) is 4.74 Å². The van der Waals surface area contributed by atoms with Crippen LogP contribution in [0.15, 0.2) is 47.4 Å². The van der Waals surface area contributed by atoms with Crippen LogP contribution >= 0.6 is 11.9 Å². The summed E-state index contributed by atoms with van der Waals surface area (Å²) in [4.78, 5) is 17.7. The molecule has 1 saturated carbocycles. The van der Waals surface area contributed by atoms with Crippen molar-refractivity contribution in [2.75, 3.05) is 28.7 Å². The molecule has 4 rings (SSSR count). The largest absolute Gasteiger partial charge is 0.497 e. The second-order valence-corrected chi connectivity index (χ2v) is 7.67. The van der Waals surface area contributed by atoms with E-state index in [-0.39, 0.29) is 11.9 Å². The maximum atomic E-state index is 12.5. The Morgan fingerprint density at radius 1 is 1.12 bits per heavy atom. The first-order chi connectivity index (χ1) is 12.6. The van der Waals surface area contributed by atoms with Crippen molar-refractivity contribution in [1.29, 1.82) is 0 Å². The van der Waals surface area contributed by atoms with Gasteiger partial charge in [0.2, 0.25) is 5.91 Å². The Bertz CT molecular complexity index is 820. The number of carbonyl (C=O) groups excluding carboxylic acids is 1. The number of nitrogens with zero attached hydrogens (tertiary/aromatic N) is 2. The summed E-state index contributed by atoms with van der Waals surface area (Å²) in [5.41, 5.74) is 3.16. The third-order valence-electron chi connectivity index (χ3n) is 5.01. The SMILES string of the molecule is COc1ccc(SNc2ccc3c(c2)N(C2CC2)C(C)C(=O)N3C)cc1. The molecule has 1 unspecified atom stereocenters. The van der Waals surface area contributed by atoms with Gasteiger partial charge in [0.15, 0.2) is 0 Å². The van der Waals surface area contributed by atoms with Crippen molar-refractivity contribution in [3.63, 3.8) is 0 Å². The second-order valence-electron chi connectivity index (χ2n) is 6.79. The smallest absolute Gasteiger partial charge is 0.249 e. The number of methoxy groups -OCH3 is 1. The average molecular weight is 369 g/mol. The van der Waals surface area contributed by atoms with Gasteiger partial charge in [0.05, 0.1) is 18.5 Å². The maximum Gasteiger partial charge on any atom is 0.249 e. The molecule has 1 amide bonds. The number of rotatable bonds is 5. The molecule has 1 atom stereocenters. The number of nitrogens with one attached hydrogen (secondary N) is 1. The lowest BCUT2D eigenvalue weighted by molar-refractivity contribution is -0.119. The first-order valence-corrected chi connectivity index (χ1v) is 9.67. The minimum Gasteiger partial charge on any atom is -0.497 e. The van der Waals surface area contributed by atoms with Crippen molar-refractivity contribution in [2.45, 2.75) is 36.7 Å². The van der Waals surface area contributed by atoms with Crippen molar-refractivity contribution in [3.05, 3.63) is 42.5 Å². The molecular formula is C20H23N3O2S. The molecule has 0 spiro atoms. The number of hydrogen-bond donors (Lipinski definition) is 1. The van der Waals surface area contributed by atoms with Gasteiger partial charge in [-0.3, -0.25) is 4.79 Å². The molecule has 1 fully saturated rings. The maximum absolute atomic E-state index is 12.5. The van der Waals surface area contributed by atoms with Crippen LogP contribution in [-0.4, -0.2) is 32.1 Å². The summed E-state index contributed by atoms with van der Waals surface area (Å²) in [5.74, 6) is 1.02. The lowest BCUT2D eigenvalue weighted by Gasteiger charge is -2.40. The summed E-state index contributed by atoms with van der Waals surface area (Å²) >= 11 is 1.57. The number of likely N-dealkylation sites (N-methyl/N-ethyl adjacent to an activating group) is 1. The van der Waals surface area contributed by atoms with E-state index in [0.717, 1.165) is 27.7 Å². The monoisotopic (exact) mass is 369 g/mol. The molecule has 5 nitrogen and oxygen atoms in total. The highest BCUT2D eigenvalue weighted by Crippen LogP contribution is 2.43. The summed E-state index contributed by atoms with van der Waals surface area (Å²) in [6, 6.07) is 14.6. The first-order valence-electron chi connectivity index (χ1n) is 8.85. The number of hydrogen-bond acceptors (Lipinski definition) is 5. The summed E-state index contributed by atoms with van der Waals surface area (Å²) in [7, 11) is 3.53. The van der Waals surface area contributed by atoms with Gasteiger partial charge in [-0.05, 0) is 74.2 Å². The van der Waals surface area contributed by atoms with E-state index in [1.54, 1.807) is 24.0 Å². The molecule has 2 aliphatic rings. The minimum absolute atomic E-state index is 0.107. The van der Waals surface area contributed by atoms with Gasteiger partial charge in [-0.1, -0.05) is 0 Å². The fourth-order valence-corrected chi connectivity index (χ4v) is 4.07. The average Bonchev–Trinajstić information content (AvgIpc) is 3.50. The molecule has 0 bridgehead atoms. The topological polar surface area (TPSA) is 44.8 Å². The fourth-order valence-electron chi connectivity index (χ4n) is 3.43. The zero-order valence-corrected chi connectivity index (χ0v) is 16.0. The van der Waals surface area contributed by atoms with Gasteiger partial charge in [0.1, 0.15) is 11.8 Å². The van der Waals surface area contributed by atoms with Crippen LogP contribution in [0.2, 0.25) is 0 Å². The van der Waals surface area contributed by atoms with Gasteiger partial charge in [0.25, 0.3) is 0 Å². The van der Waals surface area contributed by atoms with Gasteiger partial charge < -0.3 is 19.3 Å². The van der Waals surface area contributed by atoms with Crippen molar-refractivity contribution < 1.29 is 9.53 Å². The quantitative estimate of drug-likeness (QED) is 0.802. The lowest BCUT2D eigenvalue weighted by atomic mass is 10.1. The van der Waals surface area contributed by atoms with Gasteiger partial charge in [-0.25, -0.2) is 0 Å². The Morgan fingerprint density at radius 3 is 2.50 bits per heavy atom. The van der Waals surface area contributed by atoms with E-state index in [2.05, 4.69) is 15.7 Å². The van der Waals surface area contributed by atoms with Crippen LogP contribution in [0.4, 0.5) is 17.1 Å². The van der Waals surface area contributed by atoms with E-state index in [0.29, 0.717) is 6.04 Å². The molecule has 26 heavy (non-hydrogen) atoms. The van der Waals surface area contributed by atoms with Gasteiger partial charge in [0, 0.05) is 23.7 Å². The van der Waals surface area contributed by atoms with Gasteiger partial charge in [-0.15, -0.1) is 0 Å². The molecular weight excluding hydrogens is 346 g/mol. The Labute approximate surface area is 158 Å². The Balaban J connectivity index is 1.56. The van der Waals surface area contributed by atoms with Gasteiger partial charge in [-0.2, -0.15) is 0 Å². The fraction of sp³-hybridized carbons (Fsp3) is 0.350. The van der Waals surface area contributed by atoms with E-state index in [1.165, 1.54) is 12.8 Å². The minimum atomic E-state index is -0.107. The summed E-state index contributed by atoms with van der Waals surface area (Å²) in [6.07, 6.45) is 2.33. The van der Waals surface area contributed by atoms with Crippen LogP contribution in [-0.2, 0) is 4.79 Å². The van der Waals surface area contributed by atoms with Crippen LogP contribution in [0.5, 0.6) is 5.75 Å². The van der Waals surface area contributed by atoms with E-state index in [9.17, 15) is 4.79 Å². The van der Waals surface area contributed by atoms with Crippen molar-refractivity contribution >= 4 is 34.9 Å². The predicted molar refractivity (Wildman–Crippen MR) is 107 cm³/mol. The Hall–Kier alpha value is -2.34. The lowest BCUT2D eigenvalue weighted by Crippen LogP contribution is -2.51. The van der Waals surface area contributed by atoms with E-state index < -0.39 is 0 Å². The molecule has 2 aromatic carbocycles.